The molecule has 0 saturated carbocycles. The van der Waals surface area contributed by atoms with E-state index in [4.69, 9.17) is 4.74 Å². The maximum atomic E-state index is 12.5. The summed E-state index contributed by atoms with van der Waals surface area (Å²) in [6.07, 6.45) is 78.3. The molecule has 2 unspecified atom stereocenters. The molecule has 0 aromatic rings. The molecule has 0 aromatic carbocycles. The van der Waals surface area contributed by atoms with Crippen LogP contribution in [0.4, 0.5) is 0 Å². The van der Waals surface area contributed by atoms with Crippen molar-refractivity contribution in [3.05, 3.63) is 48.6 Å². The van der Waals surface area contributed by atoms with Gasteiger partial charge in [-0.2, -0.15) is 0 Å². The van der Waals surface area contributed by atoms with Crippen LogP contribution in [0.3, 0.4) is 0 Å². The first-order chi connectivity index (χ1) is 35.5. The van der Waals surface area contributed by atoms with Crippen molar-refractivity contribution in [2.45, 2.75) is 347 Å². The highest BCUT2D eigenvalue weighted by Gasteiger charge is 2.20. The summed E-state index contributed by atoms with van der Waals surface area (Å²) in [6.45, 7) is 4.89. The predicted octanol–water partition coefficient (Wildman–Crippen LogP) is 20.1. The fourth-order valence-electron chi connectivity index (χ4n) is 9.70. The number of carbonyl (C=O) groups excluding carboxylic acids is 2. The van der Waals surface area contributed by atoms with E-state index in [-0.39, 0.29) is 18.5 Å². The van der Waals surface area contributed by atoms with Crippen LogP contribution in [0.15, 0.2) is 48.6 Å². The summed E-state index contributed by atoms with van der Waals surface area (Å²) in [5, 5.41) is 23.4. The van der Waals surface area contributed by atoms with E-state index < -0.39 is 12.1 Å². The molecule has 0 spiro atoms. The first-order valence-electron chi connectivity index (χ1n) is 31.9. The Morgan fingerprint density at radius 1 is 0.389 bits per heavy atom. The number of allylic oxidation sites excluding steroid dienone is 8. The van der Waals surface area contributed by atoms with E-state index in [1.165, 1.54) is 205 Å². The summed E-state index contributed by atoms with van der Waals surface area (Å²) in [5.41, 5.74) is 0. The number of aliphatic hydroxyl groups excluding tert-OH is 2. The van der Waals surface area contributed by atoms with Crippen molar-refractivity contribution < 1.29 is 24.5 Å². The summed E-state index contributed by atoms with van der Waals surface area (Å²) in [6, 6.07) is -0.556. The monoisotopic (exact) mass is 1010 g/mol. The van der Waals surface area contributed by atoms with Gasteiger partial charge in [0.15, 0.2) is 0 Å². The van der Waals surface area contributed by atoms with E-state index in [2.05, 4.69) is 67.8 Å². The Hall–Kier alpha value is -2.18. The van der Waals surface area contributed by atoms with Gasteiger partial charge >= 0.3 is 5.97 Å². The predicted molar refractivity (Wildman–Crippen MR) is 315 cm³/mol. The van der Waals surface area contributed by atoms with Gasteiger partial charge in [-0.15, -0.1) is 0 Å². The van der Waals surface area contributed by atoms with Crippen molar-refractivity contribution in [3.8, 4) is 0 Å². The number of ether oxygens (including phenoxy) is 1. The zero-order valence-electron chi connectivity index (χ0n) is 48.2. The Bertz CT molecular complexity index is 1210. The number of amides is 1. The fraction of sp³-hybridized carbons (Fsp3) is 0.848. The third-order valence-corrected chi connectivity index (χ3v) is 14.6. The van der Waals surface area contributed by atoms with Crippen LogP contribution in [0.5, 0.6) is 0 Å². The number of carbonyl (C=O) groups is 2. The average molecular weight is 1010 g/mol. The van der Waals surface area contributed by atoms with Gasteiger partial charge in [-0.25, -0.2) is 0 Å². The molecule has 6 heteroatoms. The third kappa shape index (κ3) is 57.1. The lowest BCUT2D eigenvalue weighted by molar-refractivity contribution is -0.143. The number of nitrogens with one attached hydrogen (secondary N) is 1. The number of aliphatic hydroxyl groups is 2. The van der Waals surface area contributed by atoms with Crippen molar-refractivity contribution in [3.63, 3.8) is 0 Å². The summed E-state index contributed by atoms with van der Waals surface area (Å²) in [5.74, 6) is -0.0783. The maximum absolute atomic E-state index is 12.5. The molecule has 3 N–H and O–H groups in total. The molecule has 0 saturated heterocycles. The second-order valence-corrected chi connectivity index (χ2v) is 21.7. The molecule has 0 bridgehead atoms. The molecule has 0 fully saturated rings. The average Bonchev–Trinajstić information content (AvgIpc) is 3.38. The lowest BCUT2D eigenvalue weighted by Gasteiger charge is -2.22. The zero-order chi connectivity index (χ0) is 52.2. The van der Waals surface area contributed by atoms with E-state index in [1.807, 2.05) is 0 Å². The molecular weight excluding hydrogens is 887 g/mol. The van der Waals surface area contributed by atoms with Gasteiger partial charge in [-0.3, -0.25) is 9.59 Å². The molecule has 0 aliphatic carbocycles. The molecule has 0 aliphatic heterocycles. The highest BCUT2D eigenvalue weighted by molar-refractivity contribution is 5.76. The summed E-state index contributed by atoms with van der Waals surface area (Å²) in [4.78, 5) is 24.6. The van der Waals surface area contributed by atoms with E-state index in [9.17, 15) is 19.8 Å². The second-order valence-electron chi connectivity index (χ2n) is 21.7. The summed E-state index contributed by atoms with van der Waals surface area (Å²) < 4.78 is 5.45. The minimum Gasteiger partial charge on any atom is -0.466 e. The maximum Gasteiger partial charge on any atom is 0.305 e. The summed E-state index contributed by atoms with van der Waals surface area (Å²) >= 11 is 0. The third-order valence-electron chi connectivity index (χ3n) is 14.6. The van der Waals surface area contributed by atoms with Gasteiger partial charge in [0, 0.05) is 12.8 Å². The number of hydrogen-bond donors (Lipinski definition) is 3. The number of rotatable bonds is 59. The molecule has 422 valence electrons. The molecule has 2 atom stereocenters. The standard InChI is InChI=1S/C66H123NO5/c1-3-5-7-9-11-13-15-17-19-20-21-22-23-24-25-27-31-34-38-42-46-50-54-58-64(69)63(62-68)67-65(70)59-55-51-47-43-39-35-32-28-26-29-33-37-41-45-49-53-57-61-72-66(71)60-56-52-48-44-40-36-30-18-16-14-12-10-8-6-4-2/h12,14,18,26,29-30,37,41,63-64,68-69H,3-11,13,15-17,19-25,27-28,31-36,38-40,42-62H2,1-2H3,(H,67,70)/b14-12-,29-26-,30-18-,41-37-. The Morgan fingerprint density at radius 2 is 0.694 bits per heavy atom. The Balaban J connectivity index is 3.50. The van der Waals surface area contributed by atoms with Gasteiger partial charge in [-0.05, 0) is 96.3 Å². The van der Waals surface area contributed by atoms with Crippen LogP contribution in [0.25, 0.3) is 0 Å². The van der Waals surface area contributed by atoms with E-state index in [1.54, 1.807) is 0 Å². The number of hydrogen-bond acceptors (Lipinski definition) is 5. The second kappa shape index (κ2) is 61.4. The largest absolute Gasteiger partial charge is 0.466 e. The first-order valence-corrected chi connectivity index (χ1v) is 31.9. The lowest BCUT2D eigenvalue weighted by atomic mass is 10.0. The van der Waals surface area contributed by atoms with Gasteiger partial charge in [0.2, 0.25) is 5.91 Å². The topological polar surface area (TPSA) is 95.9 Å². The Labute approximate surface area is 448 Å². The smallest absolute Gasteiger partial charge is 0.305 e. The van der Waals surface area contributed by atoms with E-state index in [0.29, 0.717) is 25.9 Å². The number of unbranched alkanes of at least 4 members (excludes halogenated alkanes) is 40. The molecule has 6 nitrogen and oxygen atoms in total. The molecule has 1 amide bonds. The van der Waals surface area contributed by atoms with Crippen LogP contribution in [0.2, 0.25) is 0 Å². The molecular formula is C66H123NO5. The van der Waals surface area contributed by atoms with Crippen molar-refractivity contribution in [2.75, 3.05) is 13.2 Å². The van der Waals surface area contributed by atoms with Gasteiger partial charge < -0.3 is 20.3 Å². The SMILES string of the molecule is CCCCC/C=C\C/C=C\CCCCCCCC(=O)OCCCCC/C=C\C/C=C\CCCCCCCCCC(=O)NC(CO)C(O)CCCCCCCCCCCCCCCCCCCCCCCCC. The Kier molecular flexibility index (Phi) is 59.5. The first kappa shape index (κ1) is 69.8. The Morgan fingerprint density at radius 3 is 1.08 bits per heavy atom. The van der Waals surface area contributed by atoms with Crippen LogP contribution in [0.1, 0.15) is 335 Å². The van der Waals surface area contributed by atoms with Gasteiger partial charge in [0.05, 0.1) is 25.4 Å². The number of esters is 1. The van der Waals surface area contributed by atoms with Crippen LogP contribution < -0.4 is 5.32 Å². The molecule has 72 heavy (non-hydrogen) atoms. The zero-order valence-corrected chi connectivity index (χ0v) is 48.2. The van der Waals surface area contributed by atoms with Crippen molar-refractivity contribution >= 4 is 11.9 Å². The highest BCUT2D eigenvalue weighted by atomic mass is 16.5. The minimum atomic E-state index is -0.678. The van der Waals surface area contributed by atoms with Crippen LogP contribution in [-0.2, 0) is 14.3 Å². The molecule has 0 aliphatic rings. The van der Waals surface area contributed by atoms with E-state index in [0.717, 1.165) is 96.3 Å². The van der Waals surface area contributed by atoms with Gasteiger partial charge in [0.25, 0.3) is 0 Å². The van der Waals surface area contributed by atoms with Crippen LogP contribution >= 0.6 is 0 Å². The van der Waals surface area contributed by atoms with Crippen molar-refractivity contribution in [1.82, 2.24) is 5.32 Å². The van der Waals surface area contributed by atoms with Gasteiger partial charge in [-0.1, -0.05) is 274 Å². The van der Waals surface area contributed by atoms with Crippen molar-refractivity contribution in [2.24, 2.45) is 0 Å². The quantitative estimate of drug-likeness (QED) is 0.0320. The normalized spacial score (nSPS) is 12.9. The molecule has 0 radical (unpaired) electrons. The fourth-order valence-corrected chi connectivity index (χ4v) is 9.70. The van der Waals surface area contributed by atoms with Gasteiger partial charge in [0.1, 0.15) is 0 Å². The molecule has 0 aromatic heterocycles. The lowest BCUT2D eigenvalue weighted by Crippen LogP contribution is -2.45. The summed E-state index contributed by atoms with van der Waals surface area (Å²) in [7, 11) is 0. The van der Waals surface area contributed by atoms with E-state index >= 15 is 0 Å². The van der Waals surface area contributed by atoms with Crippen LogP contribution in [0, 0.1) is 0 Å². The molecule has 0 heterocycles. The van der Waals surface area contributed by atoms with Crippen molar-refractivity contribution in [1.29, 1.82) is 0 Å². The van der Waals surface area contributed by atoms with Crippen LogP contribution in [-0.4, -0.2) is 47.4 Å². The highest BCUT2D eigenvalue weighted by Crippen LogP contribution is 2.17. The minimum absolute atomic E-state index is 0.0292. The molecule has 0 rings (SSSR count).